The first kappa shape index (κ1) is 8.93. The summed E-state index contributed by atoms with van der Waals surface area (Å²) in [5, 5.41) is 8.35. The molecule has 0 bridgehead atoms. The maximum absolute atomic E-state index is 12.8. The minimum absolute atomic E-state index is 0.0154. The van der Waals surface area contributed by atoms with Gasteiger partial charge in [0.1, 0.15) is 11.0 Å². The van der Waals surface area contributed by atoms with Crippen molar-refractivity contribution in [3.8, 4) is 0 Å². The van der Waals surface area contributed by atoms with Crippen LogP contribution in [-0.4, -0.2) is 16.1 Å². The SMILES string of the molecule is O=C(O)Cc1cnc(Cl)cc1F. The minimum atomic E-state index is -1.10. The van der Waals surface area contributed by atoms with Gasteiger partial charge in [0.25, 0.3) is 0 Å². The van der Waals surface area contributed by atoms with Crippen molar-refractivity contribution in [2.75, 3.05) is 0 Å². The predicted molar refractivity (Wildman–Crippen MR) is 40.5 cm³/mol. The Kier molecular flexibility index (Phi) is 2.60. The predicted octanol–water partition coefficient (Wildman–Crippen LogP) is 1.50. The van der Waals surface area contributed by atoms with Crippen molar-refractivity contribution in [2.24, 2.45) is 0 Å². The fourth-order valence-corrected chi connectivity index (χ4v) is 0.873. The Morgan fingerprint density at radius 3 is 2.92 bits per heavy atom. The van der Waals surface area contributed by atoms with Gasteiger partial charge < -0.3 is 5.11 Å². The van der Waals surface area contributed by atoms with Gasteiger partial charge in [-0.1, -0.05) is 11.6 Å². The molecule has 64 valence electrons. The number of nitrogens with zero attached hydrogens (tertiary/aromatic N) is 1. The number of aliphatic carboxylic acids is 1. The lowest BCUT2D eigenvalue weighted by atomic mass is 10.2. The molecule has 5 heteroatoms. The molecule has 0 atom stereocenters. The molecule has 0 fully saturated rings. The highest BCUT2D eigenvalue weighted by Gasteiger charge is 2.07. The van der Waals surface area contributed by atoms with Gasteiger partial charge in [-0.25, -0.2) is 9.37 Å². The van der Waals surface area contributed by atoms with Crippen molar-refractivity contribution < 1.29 is 14.3 Å². The zero-order valence-electron chi connectivity index (χ0n) is 5.92. The summed E-state index contributed by atoms with van der Waals surface area (Å²) in [6, 6.07) is 0.986. The normalized spacial score (nSPS) is 9.83. The molecule has 0 saturated heterocycles. The number of carboxylic acid groups (broad SMARTS) is 1. The van der Waals surface area contributed by atoms with Gasteiger partial charge in [0.2, 0.25) is 0 Å². The largest absolute Gasteiger partial charge is 0.481 e. The smallest absolute Gasteiger partial charge is 0.307 e. The van der Waals surface area contributed by atoms with Crippen LogP contribution in [0.4, 0.5) is 4.39 Å². The first-order chi connectivity index (χ1) is 5.59. The quantitative estimate of drug-likeness (QED) is 0.718. The number of rotatable bonds is 2. The zero-order valence-corrected chi connectivity index (χ0v) is 6.68. The molecule has 0 saturated carbocycles. The standard InChI is InChI=1S/C7H5ClFNO2/c8-6-2-5(9)4(3-10-6)1-7(11)12/h2-3H,1H2,(H,11,12). The molecule has 12 heavy (non-hydrogen) atoms. The average Bonchev–Trinajstić information content (AvgIpc) is 1.94. The van der Waals surface area contributed by atoms with Crippen LogP contribution in [0.3, 0.4) is 0 Å². The third-order valence-corrected chi connectivity index (χ3v) is 1.44. The number of halogens is 2. The van der Waals surface area contributed by atoms with E-state index in [1.807, 2.05) is 0 Å². The number of aromatic nitrogens is 1. The van der Waals surface area contributed by atoms with Crippen molar-refractivity contribution >= 4 is 17.6 Å². The molecule has 1 N–H and O–H groups in total. The van der Waals surface area contributed by atoms with E-state index in [-0.39, 0.29) is 17.1 Å². The van der Waals surface area contributed by atoms with E-state index in [9.17, 15) is 9.18 Å². The lowest BCUT2D eigenvalue weighted by molar-refractivity contribution is -0.136. The molecule has 0 aliphatic carbocycles. The Hall–Kier alpha value is -1.16. The fraction of sp³-hybridized carbons (Fsp3) is 0.143. The summed E-state index contributed by atoms with van der Waals surface area (Å²) in [5.41, 5.74) is 0.0342. The third-order valence-electron chi connectivity index (χ3n) is 1.24. The number of pyridine rings is 1. The highest BCUT2D eigenvalue weighted by Crippen LogP contribution is 2.11. The van der Waals surface area contributed by atoms with Crippen LogP contribution in [-0.2, 0) is 11.2 Å². The van der Waals surface area contributed by atoms with Crippen molar-refractivity contribution in [3.05, 3.63) is 28.8 Å². The molecule has 1 heterocycles. The topological polar surface area (TPSA) is 50.2 Å². The van der Waals surface area contributed by atoms with Crippen LogP contribution < -0.4 is 0 Å². The first-order valence-electron chi connectivity index (χ1n) is 3.11. The molecule has 0 aromatic carbocycles. The summed E-state index contributed by atoms with van der Waals surface area (Å²) in [6.07, 6.45) is 0.738. The second-order valence-corrected chi connectivity index (χ2v) is 2.56. The van der Waals surface area contributed by atoms with Gasteiger partial charge in [-0.3, -0.25) is 4.79 Å². The van der Waals surface area contributed by atoms with Gasteiger partial charge in [-0.2, -0.15) is 0 Å². The van der Waals surface area contributed by atoms with E-state index in [1.54, 1.807) is 0 Å². The van der Waals surface area contributed by atoms with E-state index in [0.29, 0.717) is 0 Å². The summed E-state index contributed by atoms with van der Waals surface area (Å²) in [4.78, 5) is 13.7. The number of hydrogen-bond donors (Lipinski definition) is 1. The molecule has 1 aromatic rings. The second kappa shape index (κ2) is 3.49. The lowest BCUT2D eigenvalue weighted by Crippen LogP contribution is -2.02. The maximum atomic E-state index is 12.8. The fourth-order valence-electron chi connectivity index (χ4n) is 0.729. The van der Waals surface area contributed by atoms with Crippen molar-refractivity contribution in [1.82, 2.24) is 4.98 Å². The molecule has 3 nitrogen and oxygen atoms in total. The first-order valence-corrected chi connectivity index (χ1v) is 3.49. The van der Waals surface area contributed by atoms with E-state index in [2.05, 4.69) is 4.98 Å². The Bertz CT molecular complexity index is 316. The van der Waals surface area contributed by atoms with Gasteiger partial charge in [0, 0.05) is 17.8 Å². The molecule has 0 spiro atoms. The molecule has 0 amide bonds. The molecule has 0 aliphatic rings. The highest BCUT2D eigenvalue weighted by molar-refractivity contribution is 6.29. The van der Waals surface area contributed by atoms with Crippen LogP contribution in [0, 0.1) is 5.82 Å². The molecular weight excluding hydrogens is 185 g/mol. The summed E-state index contributed by atoms with van der Waals surface area (Å²) < 4.78 is 12.8. The van der Waals surface area contributed by atoms with Crippen LogP contribution in [0.1, 0.15) is 5.56 Å². The van der Waals surface area contributed by atoms with Crippen molar-refractivity contribution in [3.63, 3.8) is 0 Å². The van der Waals surface area contributed by atoms with Crippen LogP contribution in [0.2, 0.25) is 5.15 Å². The summed E-state index contributed by atoms with van der Waals surface area (Å²) in [6.45, 7) is 0. The van der Waals surface area contributed by atoms with Gasteiger partial charge >= 0.3 is 5.97 Å². The molecule has 0 radical (unpaired) electrons. The highest BCUT2D eigenvalue weighted by atomic mass is 35.5. The van der Waals surface area contributed by atoms with E-state index in [1.165, 1.54) is 0 Å². The van der Waals surface area contributed by atoms with E-state index >= 15 is 0 Å². The Morgan fingerprint density at radius 2 is 2.42 bits per heavy atom. The lowest BCUT2D eigenvalue weighted by Gasteiger charge is -1.97. The summed E-state index contributed by atoms with van der Waals surface area (Å²) in [7, 11) is 0. The monoisotopic (exact) mass is 189 g/mol. The third kappa shape index (κ3) is 2.17. The van der Waals surface area contributed by atoms with E-state index < -0.39 is 11.8 Å². The number of hydrogen-bond acceptors (Lipinski definition) is 2. The van der Waals surface area contributed by atoms with Gasteiger partial charge in [0.05, 0.1) is 6.42 Å². The van der Waals surface area contributed by atoms with Crippen LogP contribution in [0.25, 0.3) is 0 Å². The number of carboxylic acids is 1. The average molecular weight is 190 g/mol. The zero-order chi connectivity index (χ0) is 9.14. The summed E-state index contributed by atoms with van der Waals surface area (Å²) >= 11 is 5.35. The molecule has 0 unspecified atom stereocenters. The van der Waals surface area contributed by atoms with E-state index in [0.717, 1.165) is 12.3 Å². The van der Waals surface area contributed by atoms with Gasteiger partial charge in [-0.05, 0) is 0 Å². The minimum Gasteiger partial charge on any atom is -0.481 e. The van der Waals surface area contributed by atoms with Gasteiger partial charge in [-0.15, -0.1) is 0 Å². The van der Waals surface area contributed by atoms with Crippen LogP contribution in [0.15, 0.2) is 12.3 Å². The Balaban J connectivity index is 2.93. The Labute approximate surface area is 72.8 Å². The van der Waals surface area contributed by atoms with Gasteiger partial charge in [0.15, 0.2) is 0 Å². The molecule has 1 rings (SSSR count). The second-order valence-electron chi connectivity index (χ2n) is 2.17. The van der Waals surface area contributed by atoms with Crippen molar-refractivity contribution in [2.45, 2.75) is 6.42 Å². The van der Waals surface area contributed by atoms with E-state index in [4.69, 9.17) is 16.7 Å². The number of carbonyl (C=O) groups is 1. The molecule has 0 aliphatic heterocycles. The molecule has 1 aromatic heterocycles. The molecular formula is C7H5ClFNO2. The van der Waals surface area contributed by atoms with Crippen LogP contribution in [0.5, 0.6) is 0 Å². The van der Waals surface area contributed by atoms with Crippen molar-refractivity contribution in [1.29, 1.82) is 0 Å². The van der Waals surface area contributed by atoms with Crippen LogP contribution >= 0.6 is 11.6 Å². The Morgan fingerprint density at radius 1 is 1.75 bits per heavy atom. The summed E-state index contributed by atoms with van der Waals surface area (Å²) in [5.74, 6) is -1.74. The maximum Gasteiger partial charge on any atom is 0.307 e.